The van der Waals surface area contributed by atoms with Gasteiger partial charge in [-0.05, 0) is 13.3 Å². The van der Waals surface area contributed by atoms with Crippen LogP contribution in [-0.2, 0) is 4.74 Å². The summed E-state index contributed by atoms with van der Waals surface area (Å²) in [6.45, 7) is 3.37. The zero-order valence-corrected chi connectivity index (χ0v) is 7.77. The van der Waals surface area contributed by atoms with E-state index in [1.165, 1.54) is 7.11 Å². The number of hydrogen-bond acceptors (Lipinski definition) is 4. The molecule has 4 nitrogen and oxygen atoms in total. The van der Waals surface area contributed by atoms with Crippen LogP contribution in [0.3, 0.4) is 0 Å². The zero-order valence-electron chi connectivity index (χ0n) is 7.77. The van der Waals surface area contributed by atoms with Gasteiger partial charge in [0.1, 0.15) is 12.2 Å². The van der Waals surface area contributed by atoms with Crippen LogP contribution < -0.4 is 0 Å². The summed E-state index contributed by atoms with van der Waals surface area (Å²) < 4.78 is 4.81. The van der Waals surface area contributed by atoms with E-state index in [2.05, 4.69) is 0 Å². The topological polar surface area (TPSA) is 69.9 Å². The Hall–Kier alpha value is -0.160. The Morgan fingerprint density at radius 3 is 2.00 bits per heavy atom. The van der Waals surface area contributed by atoms with E-state index in [9.17, 15) is 15.3 Å². The first-order valence-corrected chi connectivity index (χ1v) is 4.11. The van der Waals surface area contributed by atoms with Crippen molar-refractivity contribution in [2.75, 3.05) is 7.11 Å². The Balaban J connectivity index is 3.99. The summed E-state index contributed by atoms with van der Waals surface area (Å²) in [4.78, 5) is 0. The maximum atomic E-state index is 9.35. The maximum Gasteiger partial charge on any atom is 0.108 e. The zero-order chi connectivity index (χ0) is 9.72. The van der Waals surface area contributed by atoms with E-state index >= 15 is 0 Å². The van der Waals surface area contributed by atoms with Crippen LogP contribution in [0.25, 0.3) is 0 Å². The van der Waals surface area contributed by atoms with Gasteiger partial charge in [0.2, 0.25) is 0 Å². The number of methoxy groups -OCH3 is 1. The fourth-order valence-electron chi connectivity index (χ4n) is 0.886. The van der Waals surface area contributed by atoms with Gasteiger partial charge in [-0.3, -0.25) is 0 Å². The van der Waals surface area contributed by atoms with Gasteiger partial charge < -0.3 is 20.1 Å². The third-order valence-corrected chi connectivity index (χ3v) is 2.02. The van der Waals surface area contributed by atoms with Crippen LogP contribution >= 0.6 is 0 Å². The van der Waals surface area contributed by atoms with Crippen molar-refractivity contribution in [2.45, 2.75) is 44.7 Å². The number of aliphatic hydroxyl groups excluding tert-OH is 3. The molecule has 0 aromatic heterocycles. The van der Waals surface area contributed by atoms with E-state index in [-0.39, 0.29) is 0 Å². The lowest BCUT2D eigenvalue weighted by atomic mass is 10.0. The molecule has 0 radical (unpaired) electrons. The third kappa shape index (κ3) is 3.06. The molecular weight excluding hydrogens is 160 g/mol. The Kier molecular flexibility index (Phi) is 5.41. The summed E-state index contributed by atoms with van der Waals surface area (Å²) >= 11 is 0. The van der Waals surface area contributed by atoms with Gasteiger partial charge in [0, 0.05) is 7.11 Å². The Bertz CT molecular complexity index is 104. The molecular formula is C8H18O4. The van der Waals surface area contributed by atoms with Gasteiger partial charge in [0.05, 0.1) is 12.2 Å². The largest absolute Gasteiger partial charge is 0.390 e. The highest BCUT2D eigenvalue weighted by molar-refractivity contribution is 4.78. The number of ether oxygens (including phenoxy) is 1. The minimum absolute atomic E-state index is 0.411. The molecule has 0 fully saturated rings. The van der Waals surface area contributed by atoms with Crippen molar-refractivity contribution in [3.8, 4) is 0 Å². The predicted octanol–water partition coefficient (Wildman–Crippen LogP) is -0.486. The first-order chi connectivity index (χ1) is 5.54. The molecule has 0 spiro atoms. The second-order valence-corrected chi connectivity index (χ2v) is 2.90. The van der Waals surface area contributed by atoms with Crippen LogP contribution in [0.4, 0.5) is 0 Å². The highest BCUT2D eigenvalue weighted by Crippen LogP contribution is 2.08. The molecule has 4 atom stereocenters. The lowest BCUT2D eigenvalue weighted by Crippen LogP contribution is -2.43. The van der Waals surface area contributed by atoms with Crippen molar-refractivity contribution in [1.29, 1.82) is 0 Å². The van der Waals surface area contributed by atoms with Crippen LogP contribution in [0.15, 0.2) is 0 Å². The van der Waals surface area contributed by atoms with Gasteiger partial charge in [-0.15, -0.1) is 0 Å². The van der Waals surface area contributed by atoms with Crippen LogP contribution in [0.2, 0.25) is 0 Å². The molecule has 0 aliphatic carbocycles. The Morgan fingerprint density at radius 1 is 1.17 bits per heavy atom. The smallest absolute Gasteiger partial charge is 0.108 e. The SMILES string of the molecule is CCC(O)C(O)C(O)C(C)OC. The Labute approximate surface area is 72.8 Å². The number of hydrogen-bond donors (Lipinski definition) is 3. The summed E-state index contributed by atoms with van der Waals surface area (Å²) in [7, 11) is 1.44. The second-order valence-electron chi connectivity index (χ2n) is 2.90. The quantitative estimate of drug-likeness (QED) is 0.531. The van der Waals surface area contributed by atoms with Crippen molar-refractivity contribution in [3.05, 3.63) is 0 Å². The molecule has 74 valence electrons. The lowest BCUT2D eigenvalue weighted by Gasteiger charge is -2.25. The van der Waals surface area contributed by atoms with Crippen molar-refractivity contribution in [2.24, 2.45) is 0 Å². The molecule has 0 aromatic carbocycles. The summed E-state index contributed by atoms with van der Waals surface area (Å²) in [6, 6.07) is 0. The van der Waals surface area contributed by atoms with Crippen molar-refractivity contribution in [3.63, 3.8) is 0 Å². The van der Waals surface area contributed by atoms with Crippen LogP contribution in [0.1, 0.15) is 20.3 Å². The third-order valence-electron chi connectivity index (χ3n) is 2.02. The van der Waals surface area contributed by atoms with Gasteiger partial charge in [-0.1, -0.05) is 6.92 Å². The maximum absolute atomic E-state index is 9.35. The number of aliphatic hydroxyl groups is 3. The van der Waals surface area contributed by atoms with Gasteiger partial charge in [-0.2, -0.15) is 0 Å². The minimum Gasteiger partial charge on any atom is -0.390 e. The van der Waals surface area contributed by atoms with E-state index < -0.39 is 24.4 Å². The van der Waals surface area contributed by atoms with Gasteiger partial charge in [-0.25, -0.2) is 0 Å². The van der Waals surface area contributed by atoms with Crippen molar-refractivity contribution in [1.82, 2.24) is 0 Å². The summed E-state index contributed by atoms with van der Waals surface area (Å²) in [6.07, 6.45) is -3.12. The molecule has 0 saturated carbocycles. The molecule has 0 aromatic rings. The standard InChI is InChI=1S/C8H18O4/c1-4-6(9)8(11)7(10)5(2)12-3/h5-11H,4H2,1-3H3. The summed E-state index contributed by atoms with van der Waals surface area (Å²) in [5.41, 5.74) is 0. The van der Waals surface area contributed by atoms with Crippen LogP contribution in [0, 0.1) is 0 Å². The average molecular weight is 178 g/mol. The molecule has 4 unspecified atom stereocenters. The molecule has 0 aliphatic rings. The van der Waals surface area contributed by atoms with Gasteiger partial charge in [0.15, 0.2) is 0 Å². The first kappa shape index (κ1) is 11.8. The molecule has 12 heavy (non-hydrogen) atoms. The van der Waals surface area contributed by atoms with E-state index in [0.29, 0.717) is 6.42 Å². The molecule has 0 heterocycles. The van der Waals surface area contributed by atoms with Crippen molar-refractivity contribution >= 4 is 0 Å². The molecule has 3 N–H and O–H groups in total. The van der Waals surface area contributed by atoms with Crippen molar-refractivity contribution < 1.29 is 20.1 Å². The van der Waals surface area contributed by atoms with Crippen LogP contribution in [-0.4, -0.2) is 46.8 Å². The van der Waals surface area contributed by atoms with Crippen LogP contribution in [0.5, 0.6) is 0 Å². The Morgan fingerprint density at radius 2 is 1.67 bits per heavy atom. The predicted molar refractivity (Wildman–Crippen MR) is 44.8 cm³/mol. The van der Waals surface area contributed by atoms with E-state index in [1.54, 1.807) is 13.8 Å². The summed E-state index contributed by atoms with van der Waals surface area (Å²) in [5, 5.41) is 27.8. The average Bonchev–Trinajstić information content (AvgIpc) is 2.12. The fraction of sp³-hybridized carbons (Fsp3) is 1.00. The molecule has 0 amide bonds. The first-order valence-electron chi connectivity index (χ1n) is 4.11. The highest BCUT2D eigenvalue weighted by atomic mass is 16.5. The fourth-order valence-corrected chi connectivity index (χ4v) is 0.886. The normalized spacial score (nSPS) is 21.5. The highest BCUT2D eigenvalue weighted by Gasteiger charge is 2.27. The molecule has 0 bridgehead atoms. The molecule has 0 aliphatic heterocycles. The minimum atomic E-state index is -1.13. The van der Waals surface area contributed by atoms with E-state index in [1.807, 2.05) is 0 Å². The lowest BCUT2D eigenvalue weighted by molar-refractivity contribution is -0.109. The number of rotatable bonds is 5. The second kappa shape index (κ2) is 5.48. The molecule has 4 heteroatoms. The monoisotopic (exact) mass is 178 g/mol. The summed E-state index contributed by atoms with van der Waals surface area (Å²) in [5.74, 6) is 0. The van der Waals surface area contributed by atoms with E-state index in [4.69, 9.17) is 4.74 Å². The van der Waals surface area contributed by atoms with E-state index in [0.717, 1.165) is 0 Å². The van der Waals surface area contributed by atoms with Gasteiger partial charge in [0.25, 0.3) is 0 Å². The molecule has 0 rings (SSSR count). The van der Waals surface area contributed by atoms with Gasteiger partial charge >= 0.3 is 0 Å². The molecule has 0 saturated heterocycles.